The maximum absolute atomic E-state index is 12.6. The van der Waals surface area contributed by atoms with Gasteiger partial charge in [-0.15, -0.1) is 0 Å². The van der Waals surface area contributed by atoms with Crippen LogP contribution in [0, 0.1) is 89.1 Å². The van der Waals surface area contributed by atoms with E-state index in [9.17, 15) is 65.9 Å². The molecule has 0 aliphatic heterocycles. The lowest BCUT2D eigenvalue weighted by Gasteiger charge is -2.25. The summed E-state index contributed by atoms with van der Waals surface area (Å²) in [6.45, 7) is 86.4. The third kappa shape index (κ3) is 91.8. The molecule has 0 unspecified atom stereocenters. The molecule has 5 nitrogen and oxygen atoms in total. The van der Waals surface area contributed by atoms with Crippen molar-refractivity contribution in [3.05, 3.63) is 22.8 Å². The number of alkyl halides is 15. The molecule has 20 heteroatoms. The largest absolute Gasteiger partial charge is 0.400 e. The summed E-state index contributed by atoms with van der Waals surface area (Å²) in [6, 6.07) is 0. The van der Waals surface area contributed by atoms with Crippen LogP contribution in [-0.4, -0.2) is 87.9 Å². The molecular formula is C78H157F15N2O3. The first-order valence-corrected chi connectivity index (χ1v) is 35.0. The number of rotatable bonds is 18. The monoisotopic (exact) mass is 1460 g/mol. The van der Waals surface area contributed by atoms with Crippen molar-refractivity contribution in [1.29, 1.82) is 0 Å². The van der Waals surface area contributed by atoms with Gasteiger partial charge in [0.15, 0.2) is 5.92 Å². The summed E-state index contributed by atoms with van der Waals surface area (Å²) in [5.74, 6) is -9.19. The lowest BCUT2D eigenvalue weighted by atomic mass is 9.82. The second kappa shape index (κ2) is 51.9. The number of nitrogens with zero attached hydrogens (tertiary/aromatic N) is 2. The highest BCUT2D eigenvalue weighted by molar-refractivity contribution is 5.12. The van der Waals surface area contributed by atoms with Gasteiger partial charge in [-0.3, -0.25) is 0 Å². The smallest absolute Gasteiger partial charge is 0.396 e. The summed E-state index contributed by atoms with van der Waals surface area (Å²) in [5.41, 5.74) is -2.21. The molecule has 2 rings (SSSR count). The van der Waals surface area contributed by atoms with Crippen molar-refractivity contribution >= 4 is 0 Å². The van der Waals surface area contributed by atoms with Gasteiger partial charge in [-0.2, -0.15) is 26.3 Å². The van der Waals surface area contributed by atoms with E-state index in [0.717, 1.165) is 51.9 Å². The number of ether oxygens (including phenoxy) is 2. The first-order chi connectivity index (χ1) is 41.9. The van der Waals surface area contributed by atoms with Crippen LogP contribution in [0.15, 0.2) is 0 Å². The minimum absolute atomic E-state index is 0. The van der Waals surface area contributed by atoms with Gasteiger partial charge >= 0.3 is 12.4 Å². The van der Waals surface area contributed by atoms with Crippen LogP contribution >= 0.6 is 0 Å². The van der Waals surface area contributed by atoms with E-state index in [1.807, 2.05) is 55.4 Å². The van der Waals surface area contributed by atoms with Crippen LogP contribution in [0.1, 0.15) is 336 Å². The van der Waals surface area contributed by atoms with Crippen molar-refractivity contribution in [2.24, 2.45) is 75.9 Å². The van der Waals surface area contributed by atoms with E-state index in [1.54, 1.807) is 96.9 Å². The fourth-order valence-electron chi connectivity index (χ4n) is 6.50. The molecular weight excluding hydrogens is 1300 g/mol. The van der Waals surface area contributed by atoms with Crippen LogP contribution in [0.5, 0.6) is 0 Å². The molecule has 2 saturated carbocycles. The highest BCUT2D eigenvalue weighted by Crippen LogP contribution is 2.51. The van der Waals surface area contributed by atoms with Crippen LogP contribution in [0.2, 0.25) is 0 Å². The van der Waals surface area contributed by atoms with E-state index in [0.29, 0.717) is 30.1 Å². The van der Waals surface area contributed by atoms with E-state index in [4.69, 9.17) is 27.7 Å². The van der Waals surface area contributed by atoms with Crippen LogP contribution in [0.25, 0.3) is 9.69 Å². The topological polar surface area (TPSA) is 47.4 Å². The molecule has 0 atom stereocenters. The van der Waals surface area contributed by atoms with Gasteiger partial charge in [-0.1, -0.05) is 167 Å². The second-order valence-electron chi connectivity index (χ2n) is 34.4. The van der Waals surface area contributed by atoms with Crippen molar-refractivity contribution in [3.8, 4) is 0 Å². The molecule has 0 aromatic heterocycles. The number of hydrogen-bond acceptors (Lipinski definition) is 3. The molecule has 0 spiro atoms. The van der Waals surface area contributed by atoms with Gasteiger partial charge in [0.25, 0.3) is 0 Å². The van der Waals surface area contributed by atoms with Gasteiger partial charge < -0.3 is 24.3 Å². The number of halogens is 15. The van der Waals surface area contributed by atoms with Gasteiger partial charge in [0, 0.05) is 58.0 Å². The van der Waals surface area contributed by atoms with Crippen LogP contribution in [-0.2, 0) is 9.47 Å². The molecule has 2 aliphatic carbocycles. The van der Waals surface area contributed by atoms with E-state index < -0.39 is 64.7 Å². The maximum atomic E-state index is 12.6. The molecule has 0 aromatic rings. The summed E-state index contributed by atoms with van der Waals surface area (Å²) < 4.78 is 190. The fourth-order valence-corrected chi connectivity index (χ4v) is 6.50. The van der Waals surface area contributed by atoms with Crippen LogP contribution in [0.3, 0.4) is 0 Å². The highest BCUT2D eigenvalue weighted by atomic mass is 19.4. The average Bonchev–Trinajstić information content (AvgIpc) is 1.58. The second-order valence-corrected chi connectivity index (χ2v) is 34.4. The number of aliphatic hydroxyl groups excluding tert-OH is 1. The minimum atomic E-state index is -5.20. The first-order valence-electron chi connectivity index (χ1n) is 35.0. The highest BCUT2D eigenvalue weighted by Gasteiger charge is 2.58. The first kappa shape index (κ1) is 120. The SMILES string of the molecule is C.CC(C)C(C(F)(F)F)C(F)(F)F.CC(C)C(C)(C)CO.CC(C)C(C)(C)F.CC(C)C(C)(C)F.CC(C)C1(C)CC1.CC(C)CC(C)(C)F.CC(C)CC(C)(F)F.CC(C)CC(C)(F)F.CC(C)OC(C)(C)F.CC(C)OC(C)(C)F.[C-]#[N+]C(C)(C)C(C)C.[C-]#[N+]C1(C(C)C)CC1. The average molecular weight is 1460 g/mol. The minimum Gasteiger partial charge on any atom is -0.396 e. The predicted molar refractivity (Wildman–Crippen MR) is 392 cm³/mol. The molecule has 2 fully saturated rings. The van der Waals surface area contributed by atoms with Gasteiger partial charge in [-0.25, -0.2) is 52.7 Å². The third-order valence-electron chi connectivity index (χ3n) is 15.7. The Labute approximate surface area is 596 Å². The Morgan fingerprint density at radius 3 is 0.653 bits per heavy atom. The van der Waals surface area contributed by atoms with Crippen molar-refractivity contribution in [3.63, 3.8) is 0 Å². The summed E-state index contributed by atoms with van der Waals surface area (Å²) in [5, 5.41) is 8.76. The Hall–Kier alpha value is -2.19. The molecule has 0 aromatic carbocycles. The van der Waals surface area contributed by atoms with E-state index in [1.165, 1.54) is 40.5 Å². The Balaban J connectivity index is -0.0000000938. The molecule has 98 heavy (non-hydrogen) atoms. The summed E-state index contributed by atoms with van der Waals surface area (Å²) in [7, 11) is 0. The van der Waals surface area contributed by atoms with E-state index in [2.05, 4.69) is 85.9 Å². The summed E-state index contributed by atoms with van der Waals surface area (Å²) in [6.07, 6.45) is -4.63. The third-order valence-corrected chi connectivity index (χ3v) is 15.7. The molecule has 0 amide bonds. The zero-order valence-electron chi connectivity index (χ0n) is 69.5. The Morgan fingerprint density at radius 2 is 0.653 bits per heavy atom. The molecule has 0 saturated heterocycles. The molecule has 0 radical (unpaired) electrons. The molecule has 602 valence electrons. The number of hydrogen-bond donors (Lipinski definition) is 1. The fraction of sp³-hybridized carbons (Fsp3) is 0.974. The van der Waals surface area contributed by atoms with Gasteiger partial charge in [0.2, 0.25) is 34.6 Å². The predicted octanol–water partition coefficient (Wildman–Crippen LogP) is 29.7. The number of aliphatic hydroxyl groups is 1. The van der Waals surface area contributed by atoms with Crippen molar-refractivity contribution in [1.82, 2.24) is 0 Å². The van der Waals surface area contributed by atoms with Crippen molar-refractivity contribution in [2.75, 3.05) is 6.61 Å². The normalized spacial score (nSPS) is 14.5. The quantitative estimate of drug-likeness (QED) is 0.110. The van der Waals surface area contributed by atoms with E-state index >= 15 is 0 Å². The van der Waals surface area contributed by atoms with Gasteiger partial charge in [0.05, 0.1) is 12.2 Å². The zero-order valence-corrected chi connectivity index (χ0v) is 69.5. The molecule has 1 N–H and O–H groups in total. The van der Waals surface area contributed by atoms with Gasteiger partial charge in [0.1, 0.15) is 17.0 Å². The molecule has 0 bridgehead atoms. The maximum Gasteiger partial charge on any atom is 0.400 e. The van der Waals surface area contributed by atoms with Crippen molar-refractivity contribution < 1.29 is 80.4 Å². The van der Waals surface area contributed by atoms with Crippen LogP contribution in [0.4, 0.5) is 65.9 Å². The summed E-state index contributed by atoms with van der Waals surface area (Å²) >= 11 is 0. The van der Waals surface area contributed by atoms with Gasteiger partial charge in [-0.05, 0) is 188 Å². The lowest BCUT2D eigenvalue weighted by molar-refractivity contribution is -0.295. The summed E-state index contributed by atoms with van der Waals surface area (Å²) in [4.78, 5) is 7.05. The van der Waals surface area contributed by atoms with E-state index in [-0.39, 0.29) is 79.2 Å². The zero-order chi connectivity index (χ0) is 81.5. The standard InChI is InChI=1S/C7H15F.C7H11N.C7H13N.C7H16O.C7H14.C6H8F6.2C6H12F2.2C6H13FO.2C6H13F.CH4/c1-6(2)5-7(3,4)8;1-6(2)7(8-3)4-5-7;1-6(2)7(3,4)8-5;1-6(2)7(3,4)5-8;1-6(2)7(3)4-5-7;1-3(2)4(5(7,8)9)6(10,11)12;2*1-5(2)4-6(3,7)8;2*1-5(2)8-6(3,4)7;2*1-5(2)6(3,4)7;/h6H,5H2,1-4H3;6H,4-5H2,1-2H3;6H,1-4H3;6,8H,5H2,1-4H3;6H,4-5H2,1-3H3;3-4H,1-2H3;2*5H,4H2,1-3H3;2*5H,1-4H3;2*5H,1-4H3;1H4. The molecule has 2 aliphatic rings. The Bertz CT molecular complexity index is 1740. The lowest BCUT2D eigenvalue weighted by Crippen LogP contribution is -2.40. The van der Waals surface area contributed by atoms with Crippen LogP contribution < -0.4 is 0 Å². The Morgan fingerprint density at radius 1 is 0.398 bits per heavy atom. The Kier molecular flexibility index (Phi) is 63.4. The molecule has 0 heterocycles. The van der Waals surface area contributed by atoms with Crippen molar-refractivity contribution in [2.45, 2.75) is 412 Å².